The highest BCUT2D eigenvalue weighted by atomic mass is 16.3. The lowest BCUT2D eigenvalue weighted by molar-refractivity contribution is -0.129. The second kappa shape index (κ2) is 11.5. The summed E-state index contributed by atoms with van der Waals surface area (Å²) in [6.07, 6.45) is 3.93. The van der Waals surface area contributed by atoms with Crippen molar-refractivity contribution in [1.82, 2.24) is 9.80 Å². The molecule has 1 unspecified atom stereocenters. The van der Waals surface area contributed by atoms with Crippen LogP contribution in [0, 0.1) is 0 Å². The van der Waals surface area contributed by atoms with Gasteiger partial charge in [-0.25, -0.2) is 0 Å². The number of rotatable bonds is 10. The zero-order chi connectivity index (χ0) is 25.6. The van der Waals surface area contributed by atoms with Gasteiger partial charge in [0.2, 0.25) is 0 Å². The average Bonchev–Trinajstić information content (AvgIpc) is 3.10. The summed E-state index contributed by atoms with van der Waals surface area (Å²) in [4.78, 5) is 30.4. The second-order valence-corrected chi connectivity index (χ2v) is 10.0. The monoisotopic (exact) mass is 474 g/mol. The van der Waals surface area contributed by atoms with E-state index in [1.807, 2.05) is 54.6 Å². The van der Waals surface area contributed by atoms with Crippen LogP contribution in [-0.2, 0) is 15.0 Å². The van der Waals surface area contributed by atoms with Crippen LogP contribution in [0.15, 0.2) is 72.0 Å². The van der Waals surface area contributed by atoms with E-state index in [2.05, 4.69) is 39.5 Å². The van der Waals surface area contributed by atoms with E-state index >= 15 is 0 Å². The molecule has 2 aromatic carbocycles. The Balaban J connectivity index is 1.93. The third-order valence-corrected chi connectivity index (χ3v) is 6.66. The number of nitrogens with zero attached hydrogens (tertiary/aromatic N) is 2. The molecular weight excluding hydrogens is 436 g/mol. The van der Waals surface area contributed by atoms with Crippen molar-refractivity contribution in [1.29, 1.82) is 0 Å². The molecule has 186 valence electrons. The van der Waals surface area contributed by atoms with E-state index in [0.717, 1.165) is 37.2 Å². The van der Waals surface area contributed by atoms with Crippen LogP contribution < -0.4 is 0 Å². The van der Waals surface area contributed by atoms with E-state index < -0.39 is 17.7 Å². The molecule has 1 aliphatic rings. The molecule has 1 aliphatic heterocycles. The fraction of sp³-hybridized carbons (Fsp3) is 0.400. The average molecular weight is 475 g/mol. The topological polar surface area (TPSA) is 60.9 Å². The number of carbonyl (C=O) groups excluding carboxylic acids is 2. The van der Waals surface area contributed by atoms with Crippen molar-refractivity contribution in [2.45, 2.75) is 52.5 Å². The summed E-state index contributed by atoms with van der Waals surface area (Å²) < 4.78 is 0. The molecule has 1 heterocycles. The molecule has 0 aromatic heterocycles. The smallest absolute Gasteiger partial charge is 0.290 e. The molecule has 0 fully saturated rings. The summed E-state index contributed by atoms with van der Waals surface area (Å²) in [6.45, 7) is 13.9. The van der Waals surface area contributed by atoms with Gasteiger partial charge >= 0.3 is 0 Å². The van der Waals surface area contributed by atoms with E-state index in [1.165, 1.54) is 11.6 Å². The normalized spacial score (nSPS) is 16.7. The highest BCUT2D eigenvalue weighted by molar-refractivity contribution is 6.14. The van der Waals surface area contributed by atoms with Crippen LogP contribution in [0.3, 0.4) is 0 Å². The highest BCUT2D eigenvalue weighted by Gasteiger charge is 2.42. The van der Waals surface area contributed by atoms with Crippen molar-refractivity contribution in [3.05, 3.63) is 88.7 Å². The Morgan fingerprint density at radius 1 is 1.03 bits per heavy atom. The van der Waals surface area contributed by atoms with Gasteiger partial charge < -0.3 is 14.9 Å². The van der Waals surface area contributed by atoms with Crippen LogP contribution in [0.4, 0.5) is 0 Å². The molecule has 5 heteroatoms. The molecule has 5 nitrogen and oxygen atoms in total. The van der Waals surface area contributed by atoms with E-state index in [9.17, 15) is 14.7 Å². The van der Waals surface area contributed by atoms with Gasteiger partial charge in [0.15, 0.2) is 11.5 Å². The number of ketones is 1. The van der Waals surface area contributed by atoms with Crippen LogP contribution in [-0.4, -0.2) is 52.8 Å². The first-order chi connectivity index (χ1) is 16.7. The number of hydrogen-bond donors (Lipinski definition) is 1. The number of benzene rings is 2. The van der Waals surface area contributed by atoms with Crippen LogP contribution in [0.1, 0.15) is 63.8 Å². The van der Waals surface area contributed by atoms with Crippen molar-refractivity contribution in [3.8, 4) is 0 Å². The Kier molecular flexibility index (Phi) is 8.68. The number of aliphatic hydroxyl groups is 1. The lowest BCUT2D eigenvalue weighted by atomic mass is 9.85. The molecule has 1 atom stereocenters. The largest absolute Gasteiger partial charge is 0.503 e. The highest BCUT2D eigenvalue weighted by Crippen LogP contribution is 2.38. The summed E-state index contributed by atoms with van der Waals surface area (Å²) in [5.41, 5.74) is 3.02. The summed E-state index contributed by atoms with van der Waals surface area (Å²) >= 11 is 0. The standard InChI is InChI=1S/C30H38N2O3/c1-6-31(7-2)20-11-21-32-27(23-15-17-24(18-16-23)30(3,4)5)26(28(34)29(32)35)25(33)19-14-22-12-9-8-10-13-22/h8-10,12-19,27,34H,6-7,11,20-21H2,1-5H3/b19-14+. The maximum atomic E-state index is 13.3. The number of hydrogen-bond acceptors (Lipinski definition) is 4. The Labute approximate surface area is 209 Å². The Morgan fingerprint density at radius 2 is 1.66 bits per heavy atom. The Bertz CT molecular complexity index is 1070. The second-order valence-electron chi connectivity index (χ2n) is 10.0. The number of amides is 1. The van der Waals surface area contributed by atoms with Gasteiger partial charge in [0.25, 0.3) is 5.91 Å². The minimum atomic E-state index is -0.610. The van der Waals surface area contributed by atoms with Crippen molar-refractivity contribution < 1.29 is 14.7 Å². The van der Waals surface area contributed by atoms with Crippen LogP contribution in [0.5, 0.6) is 0 Å². The molecule has 2 aromatic rings. The molecule has 0 radical (unpaired) electrons. The number of allylic oxidation sites excluding steroid dienone is 1. The quantitative estimate of drug-likeness (QED) is 0.449. The molecule has 0 saturated carbocycles. The van der Waals surface area contributed by atoms with E-state index in [-0.39, 0.29) is 16.8 Å². The van der Waals surface area contributed by atoms with Crippen LogP contribution in [0.25, 0.3) is 6.08 Å². The SMILES string of the molecule is CCN(CC)CCCN1C(=O)C(O)=C(C(=O)/C=C/c2ccccc2)C1c1ccc(C(C)(C)C)cc1. The minimum absolute atomic E-state index is 0.0114. The first-order valence-electron chi connectivity index (χ1n) is 12.5. The molecular formula is C30H38N2O3. The zero-order valence-electron chi connectivity index (χ0n) is 21.6. The molecule has 0 aliphatic carbocycles. The summed E-state index contributed by atoms with van der Waals surface area (Å²) in [6, 6.07) is 17.0. The third-order valence-electron chi connectivity index (χ3n) is 6.66. The number of aliphatic hydroxyl groups excluding tert-OH is 1. The van der Waals surface area contributed by atoms with Gasteiger partial charge in [0, 0.05) is 6.54 Å². The van der Waals surface area contributed by atoms with Gasteiger partial charge in [0.05, 0.1) is 11.6 Å². The van der Waals surface area contributed by atoms with Gasteiger partial charge in [-0.15, -0.1) is 0 Å². The molecule has 0 spiro atoms. The van der Waals surface area contributed by atoms with E-state index in [0.29, 0.717) is 6.54 Å². The van der Waals surface area contributed by atoms with Crippen molar-refractivity contribution >= 4 is 17.8 Å². The lowest BCUT2D eigenvalue weighted by Gasteiger charge is -2.28. The van der Waals surface area contributed by atoms with Crippen molar-refractivity contribution in [3.63, 3.8) is 0 Å². The first kappa shape index (κ1) is 26.4. The molecule has 0 saturated heterocycles. The van der Waals surface area contributed by atoms with Crippen LogP contribution >= 0.6 is 0 Å². The van der Waals surface area contributed by atoms with Gasteiger partial charge in [-0.05, 0) is 54.2 Å². The molecule has 0 bridgehead atoms. The maximum absolute atomic E-state index is 13.3. The minimum Gasteiger partial charge on any atom is -0.503 e. The summed E-state index contributed by atoms with van der Waals surface area (Å²) in [5, 5.41) is 10.8. The fourth-order valence-corrected chi connectivity index (χ4v) is 4.48. The predicted molar refractivity (Wildman–Crippen MR) is 142 cm³/mol. The Hall–Kier alpha value is -3.18. The van der Waals surface area contributed by atoms with Gasteiger partial charge in [-0.3, -0.25) is 9.59 Å². The maximum Gasteiger partial charge on any atom is 0.290 e. The van der Waals surface area contributed by atoms with E-state index in [1.54, 1.807) is 11.0 Å². The zero-order valence-corrected chi connectivity index (χ0v) is 21.6. The van der Waals surface area contributed by atoms with Crippen molar-refractivity contribution in [2.75, 3.05) is 26.2 Å². The molecule has 1 amide bonds. The van der Waals surface area contributed by atoms with Crippen LogP contribution in [0.2, 0.25) is 0 Å². The van der Waals surface area contributed by atoms with Gasteiger partial charge in [-0.2, -0.15) is 0 Å². The van der Waals surface area contributed by atoms with Crippen molar-refractivity contribution in [2.24, 2.45) is 0 Å². The first-order valence-corrected chi connectivity index (χ1v) is 12.5. The summed E-state index contributed by atoms with van der Waals surface area (Å²) in [5.74, 6) is -1.28. The number of carbonyl (C=O) groups is 2. The lowest BCUT2D eigenvalue weighted by Crippen LogP contribution is -2.34. The summed E-state index contributed by atoms with van der Waals surface area (Å²) in [7, 11) is 0. The van der Waals surface area contributed by atoms with Gasteiger partial charge in [-0.1, -0.05) is 95.3 Å². The molecule has 1 N–H and O–H groups in total. The fourth-order valence-electron chi connectivity index (χ4n) is 4.48. The Morgan fingerprint density at radius 3 is 2.23 bits per heavy atom. The predicted octanol–water partition coefficient (Wildman–Crippen LogP) is 5.69. The van der Waals surface area contributed by atoms with E-state index in [4.69, 9.17) is 0 Å². The molecule has 35 heavy (non-hydrogen) atoms. The van der Waals surface area contributed by atoms with Gasteiger partial charge in [0.1, 0.15) is 0 Å². The molecule has 3 rings (SSSR count). The third kappa shape index (κ3) is 6.29.